The maximum atomic E-state index is 11.2. The number of aromatic carboxylic acids is 1. The van der Waals surface area contributed by atoms with Crippen LogP contribution in [0.25, 0.3) is 11.0 Å². The number of fused-ring (bicyclic) bond motifs is 1. The van der Waals surface area contributed by atoms with Gasteiger partial charge in [0.2, 0.25) is 0 Å². The van der Waals surface area contributed by atoms with Crippen LogP contribution in [0.5, 0.6) is 0 Å². The fourth-order valence-corrected chi connectivity index (χ4v) is 3.00. The van der Waals surface area contributed by atoms with Gasteiger partial charge in [0.05, 0.1) is 16.6 Å². The van der Waals surface area contributed by atoms with Crippen LogP contribution in [0.3, 0.4) is 0 Å². The molecule has 0 radical (unpaired) electrons. The molecule has 4 heteroatoms. The second-order valence-corrected chi connectivity index (χ2v) is 5.88. The number of carboxylic acids is 1. The van der Waals surface area contributed by atoms with Crippen LogP contribution in [0, 0.1) is 5.92 Å². The number of hydrogen-bond acceptors (Lipinski definition) is 2. The van der Waals surface area contributed by atoms with Gasteiger partial charge in [-0.3, -0.25) is 0 Å². The second-order valence-electron chi connectivity index (χ2n) is 5.88. The van der Waals surface area contributed by atoms with Gasteiger partial charge in [0.15, 0.2) is 0 Å². The molecule has 0 aliphatic carbocycles. The molecule has 0 aliphatic heterocycles. The van der Waals surface area contributed by atoms with Crippen molar-refractivity contribution in [2.45, 2.75) is 53.0 Å². The molecule has 0 saturated heterocycles. The summed E-state index contributed by atoms with van der Waals surface area (Å²) < 4.78 is 2.26. The molecule has 0 saturated carbocycles. The summed E-state index contributed by atoms with van der Waals surface area (Å²) >= 11 is 0. The van der Waals surface area contributed by atoms with Gasteiger partial charge >= 0.3 is 5.97 Å². The summed E-state index contributed by atoms with van der Waals surface area (Å²) in [4.78, 5) is 16.0. The van der Waals surface area contributed by atoms with E-state index in [4.69, 9.17) is 4.98 Å². The molecule has 2 rings (SSSR count). The Bertz CT molecular complexity index is 644. The Hall–Kier alpha value is -1.84. The van der Waals surface area contributed by atoms with Crippen LogP contribution >= 0.6 is 0 Å². The van der Waals surface area contributed by atoms with Crippen molar-refractivity contribution in [2.24, 2.45) is 5.92 Å². The minimum Gasteiger partial charge on any atom is -0.478 e. The number of imidazole rings is 1. The maximum absolute atomic E-state index is 11.2. The molecule has 0 fully saturated rings. The predicted octanol–water partition coefficient (Wildman–Crippen LogP) is 4.29. The quantitative estimate of drug-likeness (QED) is 0.862. The first-order valence-electron chi connectivity index (χ1n) is 7.73. The molecule has 1 unspecified atom stereocenters. The normalized spacial score (nSPS) is 13.0. The van der Waals surface area contributed by atoms with Gasteiger partial charge in [0.25, 0.3) is 0 Å². The van der Waals surface area contributed by atoms with Crippen molar-refractivity contribution >= 4 is 17.0 Å². The van der Waals surface area contributed by atoms with E-state index in [9.17, 15) is 9.90 Å². The summed E-state index contributed by atoms with van der Waals surface area (Å²) in [5.74, 6) is 0.659. The van der Waals surface area contributed by atoms with E-state index < -0.39 is 5.97 Å². The smallest absolute Gasteiger partial charge is 0.335 e. The highest BCUT2D eigenvalue weighted by Crippen LogP contribution is 2.29. The highest BCUT2D eigenvalue weighted by molar-refractivity contribution is 5.92. The fourth-order valence-electron chi connectivity index (χ4n) is 3.00. The van der Waals surface area contributed by atoms with Gasteiger partial charge in [-0.25, -0.2) is 9.78 Å². The summed E-state index contributed by atoms with van der Waals surface area (Å²) in [6.07, 6.45) is 2.96. The highest BCUT2D eigenvalue weighted by atomic mass is 16.4. The van der Waals surface area contributed by atoms with Crippen LogP contribution in [0.1, 0.15) is 62.8 Å². The molecule has 1 aromatic heterocycles. The Morgan fingerprint density at radius 1 is 1.33 bits per heavy atom. The minimum absolute atomic E-state index is 0.324. The Labute approximate surface area is 125 Å². The second kappa shape index (κ2) is 6.29. The van der Waals surface area contributed by atoms with E-state index >= 15 is 0 Å². The molecular formula is C17H24N2O2. The monoisotopic (exact) mass is 288 g/mol. The summed E-state index contributed by atoms with van der Waals surface area (Å²) in [6, 6.07) is 5.56. The molecule has 0 aliphatic rings. The number of carbonyl (C=O) groups is 1. The Balaban J connectivity index is 2.69. The fraction of sp³-hybridized carbons (Fsp3) is 0.529. The van der Waals surface area contributed by atoms with Crippen LogP contribution in [0.4, 0.5) is 0 Å². The summed E-state index contributed by atoms with van der Waals surface area (Å²) in [6.45, 7) is 8.73. The van der Waals surface area contributed by atoms with Crippen LogP contribution in [-0.2, 0) is 6.42 Å². The Kier molecular flexibility index (Phi) is 4.66. The van der Waals surface area contributed by atoms with Crippen molar-refractivity contribution in [3.63, 3.8) is 0 Å². The third-order valence-electron chi connectivity index (χ3n) is 4.00. The van der Waals surface area contributed by atoms with Crippen molar-refractivity contribution < 1.29 is 9.90 Å². The largest absolute Gasteiger partial charge is 0.478 e. The van der Waals surface area contributed by atoms with Crippen LogP contribution in [0.15, 0.2) is 18.2 Å². The van der Waals surface area contributed by atoms with E-state index in [0.29, 0.717) is 17.5 Å². The van der Waals surface area contributed by atoms with E-state index in [0.717, 1.165) is 36.1 Å². The summed E-state index contributed by atoms with van der Waals surface area (Å²) in [5.41, 5.74) is 2.16. The van der Waals surface area contributed by atoms with Crippen molar-refractivity contribution in [1.82, 2.24) is 9.55 Å². The SMILES string of the molecule is CCCc1nc2ccc(C(=O)O)cc2n1C(CC)C(C)C. The Morgan fingerprint density at radius 3 is 2.57 bits per heavy atom. The summed E-state index contributed by atoms with van der Waals surface area (Å²) in [5, 5.41) is 9.22. The molecule has 0 amide bonds. The zero-order chi connectivity index (χ0) is 15.6. The number of rotatable bonds is 6. The van der Waals surface area contributed by atoms with Gasteiger partial charge in [-0.15, -0.1) is 0 Å². The minimum atomic E-state index is -0.890. The third-order valence-corrected chi connectivity index (χ3v) is 4.00. The molecule has 1 aromatic carbocycles. The average molecular weight is 288 g/mol. The number of carboxylic acid groups (broad SMARTS) is 1. The van der Waals surface area contributed by atoms with Gasteiger partial charge < -0.3 is 9.67 Å². The van der Waals surface area contributed by atoms with E-state index in [1.54, 1.807) is 12.1 Å². The predicted molar refractivity (Wildman–Crippen MR) is 84.9 cm³/mol. The number of benzene rings is 1. The standard InChI is InChI=1S/C17H24N2O2/c1-5-7-16-18-13-9-8-12(17(20)21)10-15(13)19(16)14(6-2)11(3)4/h8-11,14H,5-7H2,1-4H3,(H,20,21). The van der Waals surface area contributed by atoms with Crippen LogP contribution in [-0.4, -0.2) is 20.6 Å². The lowest BCUT2D eigenvalue weighted by Crippen LogP contribution is -2.17. The molecule has 0 bridgehead atoms. The van der Waals surface area contributed by atoms with Gasteiger partial charge in [0.1, 0.15) is 5.82 Å². The number of nitrogens with zero attached hydrogens (tertiary/aromatic N) is 2. The zero-order valence-electron chi connectivity index (χ0n) is 13.3. The first kappa shape index (κ1) is 15.5. The van der Waals surface area contributed by atoms with Crippen molar-refractivity contribution in [1.29, 1.82) is 0 Å². The van der Waals surface area contributed by atoms with Crippen LogP contribution in [0.2, 0.25) is 0 Å². The van der Waals surface area contributed by atoms with E-state index in [1.165, 1.54) is 0 Å². The Morgan fingerprint density at radius 2 is 2.05 bits per heavy atom. The van der Waals surface area contributed by atoms with E-state index in [2.05, 4.69) is 32.3 Å². The first-order chi connectivity index (χ1) is 9.99. The van der Waals surface area contributed by atoms with Crippen molar-refractivity contribution in [3.05, 3.63) is 29.6 Å². The zero-order valence-corrected chi connectivity index (χ0v) is 13.3. The lowest BCUT2D eigenvalue weighted by atomic mass is 10.0. The highest BCUT2D eigenvalue weighted by Gasteiger charge is 2.21. The number of aromatic nitrogens is 2. The molecule has 1 heterocycles. The topological polar surface area (TPSA) is 55.1 Å². The molecule has 2 aromatic rings. The lowest BCUT2D eigenvalue weighted by molar-refractivity contribution is 0.0697. The third kappa shape index (κ3) is 2.94. The van der Waals surface area contributed by atoms with Crippen molar-refractivity contribution in [2.75, 3.05) is 0 Å². The molecule has 114 valence electrons. The summed E-state index contributed by atoms with van der Waals surface area (Å²) in [7, 11) is 0. The molecular weight excluding hydrogens is 264 g/mol. The van der Waals surface area contributed by atoms with Gasteiger partial charge in [0, 0.05) is 12.5 Å². The maximum Gasteiger partial charge on any atom is 0.335 e. The number of aryl methyl sites for hydroxylation is 1. The molecule has 21 heavy (non-hydrogen) atoms. The van der Waals surface area contributed by atoms with Crippen LogP contribution < -0.4 is 0 Å². The molecule has 1 N–H and O–H groups in total. The number of hydrogen-bond donors (Lipinski definition) is 1. The lowest BCUT2D eigenvalue weighted by Gasteiger charge is -2.24. The first-order valence-corrected chi connectivity index (χ1v) is 7.73. The van der Waals surface area contributed by atoms with Gasteiger partial charge in [-0.05, 0) is 37.0 Å². The molecule has 1 atom stereocenters. The molecule has 0 spiro atoms. The molecule has 4 nitrogen and oxygen atoms in total. The van der Waals surface area contributed by atoms with Gasteiger partial charge in [-0.1, -0.05) is 27.7 Å². The van der Waals surface area contributed by atoms with Crippen molar-refractivity contribution in [3.8, 4) is 0 Å². The van der Waals surface area contributed by atoms with E-state index in [-0.39, 0.29) is 0 Å². The van der Waals surface area contributed by atoms with Gasteiger partial charge in [-0.2, -0.15) is 0 Å². The average Bonchev–Trinajstić information content (AvgIpc) is 2.77. The van der Waals surface area contributed by atoms with E-state index in [1.807, 2.05) is 6.07 Å².